The Morgan fingerprint density at radius 2 is 2.06 bits per heavy atom. The van der Waals surface area contributed by atoms with Gasteiger partial charge in [-0.1, -0.05) is 34.6 Å². The van der Waals surface area contributed by atoms with Crippen molar-refractivity contribution < 1.29 is 27.9 Å². The lowest BCUT2D eigenvalue weighted by Gasteiger charge is -2.16. The Labute approximate surface area is 191 Å². The zero-order valence-electron chi connectivity index (χ0n) is 19.3. The molecule has 3 N–H and O–H groups in total. The van der Waals surface area contributed by atoms with Crippen LogP contribution in [0.25, 0.3) is 11.2 Å². The van der Waals surface area contributed by atoms with Crippen LogP contribution in [0.15, 0.2) is 11.1 Å². The Morgan fingerprint density at radius 3 is 2.58 bits per heavy atom. The second-order valence-corrected chi connectivity index (χ2v) is 8.24. The first-order valence-electron chi connectivity index (χ1n) is 10.7. The molecule has 12 nitrogen and oxygen atoms in total. The van der Waals surface area contributed by atoms with E-state index in [4.69, 9.17) is 14.2 Å². The van der Waals surface area contributed by atoms with Crippen LogP contribution in [-0.4, -0.2) is 73.7 Å². The molecule has 33 heavy (non-hydrogen) atoms. The van der Waals surface area contributed by atoms with Crippen LogP contribution in [-0.2, 0) is 18.6 Å². The van der Waals surface area contributed by atoms with Gasteiger partial charge in [0.25, 0.3) is 5.56 Å². The lowest BCUT2D eigenvalue weighted by molar-refractivity contribution is -0.118. The van der Waals surface area contributed by atoms with E-state index in [2.05, 4.69) is 45.9 Å². The van der Waals surface area contributed by atoms with Crippen LogP contribution in [0.3, 0.4) is 0 Å². The summed E-state index contributed by atoms with van der Waals surface area (Å²) in [5, 5.41) is 2.45. The number of amides is 1. The minimum Gasteiger partial charge on any atom is -0.352 e. The Hall–Kier alpha value is -2.31. The first-order chi connectivity index (χ1) is 15.6. The van der Waals surface area contributed by atoms with Crippen molar-refractivity contribution in [2.24, 2.45) is 5.92 Å². The van der Waals surface area contributed by atoms with Gasteiger partial charge >= 0.3 is 8.25 Å². The molecule has 0 aliphatic carbocycles. The number of halogens is 1. The van der Waals surface area contributed by atoms with E-state index < -0.39 is 32.3 Å². The van der Waals surface area contributed by atoms with Crippen molar-refractivity contribution in [3.63, 3.8) is 0 Å². The van der Waals surface area contributed by atoms with Gasteiger partial charge in [-0.15, -0.1) is 9.42 Å². The first kappa shape index (κ1) is 26.9. The van der Waals surface area contributed by atoms with Gasteiger partial charge < -0.3 is 9.64 Å². The maximum Gasteiger partial charge on any atom is 0.695 e. The highest BCUT2D eigenvalue weighted by Gasteiger charge is 2.46. The predicted octanol–water partition coefficient (Wildman–Crippen LogP) is 1.96. The van der Waals surface area contributed by atoms with Crippen molar-refractivity contribution in [2.45, 2.75) is 53.1 Å². The molecule has 0 radical (unpaired) electrons. The predicted molar refractivity (Wildman–Crippen MR) is 120 cm³/mol. The number of hydrogen-bond acceptors (Lipinski definition) is 8. The molecule has 3 rings (SSSR count). The number of aromatic nitrogens is 4. The molecular formula is C19H31FN6O6P+. The zero-order valence-corrected chi connectivity index (χ0v) is 20.2. The van der Waals surface area contributed by atoms with Crippen molar-refractivity contribution in [1.29, 1.82) is 0 Å². The third-order valence-corrected chi connectivity index (χ3v) is 5.51. The van der Waals surface area contributed by atoms with Crippen LogP contribution < -0.4 is 10.9 Å². The molecule has 0 aromatic carbocycles. The fourth-order valence-electron chi connectivity index (χ4n) is 3.12. The van der Waals surface area contributed by atoms with E-state index in [1.165, 1.54) is 30.5 Å². The molecular weight excluding hydrogens is 458 g/mol. The number of H-pyrrole nitrogens is 1. The van der Waals surface area contributed by atoms with Crippen LogP contribution in [0, 0.1) is 5.92 Å². The summed E-state index contributed by atoms with van der Waals surface area (Å²) in [6, 6.07) is 0. The van der Waals surface area contributed by atoms with Crippen LogP contribution in [0.5, 0.6) is 0 Å². The lowest BCUT2D eigenvalue weighted by Crippen LogP contribution is -2.27. The van der Waals surface area contributed by atoms with Gasteiger partial charge in [-0.05, 0) is 19.6 Å². The van der Waals surface area contributed by atoms with Gasteiger partial charge in [0.1, 0.15) is 0 Å². The van der Waals surface area contributed by atoms with Gasteiger partial charge in [0.15, 0.2) is 29.7 Å². The average Bonchev–Trinajstić information content (AvgIpc) is 3.33. The second-order valence-electron chi connectivity index (χ2n) is 7.55. The summed E-state index contributed by atoms with van der Waals surface area (Å²) in [5.74, 6) is -0.813. The molecule has 1 aliphatic heterocycles. The fourth-order valence-corrected chi connectivity index (χ4v) is 3.57. The smallest absolute Gasteiger partial charge is 0.352 e. The summed E-state index contributed by atoms with van der Waals surface area (Å²) in [4.78, 5) is 45.7. The lowest BCUT2D eigenvalue weighted by atomic mass is 10.2. The van der Waals surface area contributed by atoms with Crippen molar-refractivity contribution in [2.75, 3.05) is 31.6 Å². The molecule has 14 heteroatoms. The topological polar surface area (TPSA) is 152 Å². The number of anilines is 1. The molecule has 1 fully saturated rings. The minimum atomic E-state index is -3.06. The molecule has 4 unspecified atom stereocenters. The number of rotatable bonds is 8. The summed E-state index contributed by atoms with van der Waals surface area (Å²) >= 11 is 0. The zero-order chi connectivity index (χ0) is 24.7. The van der Waals surface area contributed by atoms with Crippen molar-refractivity contribution >= 4 is 31.3 Å². The number of hydrogen-bond donors (Lipinski definition) is 3. The van der Waals surface area contributed by atoms with Gasteiger partial charge in [0, 0.05) is 10.5 Å². The monoisotopic (exact) mass is 489 g/mol. The largest absolute Gasteiger partial charge is 0.695 e. The normalized spacial score (nSPS) is 20.8. The van der Waals surface area contributed by atoms with E-state index in [1.807, 2.05) is 0 Å². The third-order valence-electron chi connectivity index (χ3n) is 5.09. The molecule has 2 aromatic heterocycles. The molecule has 1 saturated heterocycles. The maximum absolute atomic E-state index is 13.9. The van der Waals surface area contributed by atoms with E-state index >= 15 is 0 Å². The maximum atomic E-state index is 13.9. The molecule has 2 aromatic rings. The number of aromatic amines is 1. The summed E-state index contributed by atoms with van der Waals surface area (Å²) in [5.41, 5.74) is -0.674. The summed E-state index contributed by atoms with van der Waals surface area (Å²) < 4.78 is 36.1. The second kappa shape index (κ2) is 12.2. The molecule has 0 bridgehead atoms. The van der Waals surface area contributed by atoms with Gasteiger partial charge in [0.05, 0.1) is 12.9 Å². The van der Waals surface area contributed by atoms with Crippen molar-refractivity contribution in [3.8, 4) is 0 Å². The number of ether oxygens (including phenoxy) is 1. The third kappa shape index (κ3) is 6.84. The van der Waals surface area contributed by atoms with Crippen LogP contribution in [0.2, 0.25) is 0 Å². The molecule has 184 valence electrons. The molecule has 1 amide bonds. The van der Waals surface area contributed by atoms with Gasteiger partial charge in [0.2, 0.25) is 11.9 Å². The SMILES string of the molecule is CC(C)C(=O)Nc1nc2c(ncn2C2OCC(F)C2O[P+](=O)O)c(=O)[nH]1.CCN(CC)CC. The standard InChI is InChI=1S/C13H15FN5O6P.C6H15N/c1-5(2)10(20)17-13-16-9-7(11(21)18-13)15-4-19(9)12-8(25-26(22)23)6(14)3-24-12;1-4-7(5-2)6-3/h4-6,8,12H,3H2,1-2H3,(H2-,16,17,18,20,21,22,23);4-6H2,1-3H3/p+1. The highest BCUT2D eigenvalue weighted by molar-refractivity contribution is 7.32. The number of carbonyl (C=O) groups is 1. The summed E-state index contributed by atoms with van der Waals surface area (Å²) in [7, 11) is -3.06. The average molecular weight is 489 g/mol. The van der Waals surface area contributed by atoms with E-state index in [1.54, 1.807) is 13.8 Å². The molecule has 3 heterocycles. The van der Waals surface area contributed by atoms with E-state index in [0.29, 0.717) is 0 Å². The van der Waals surface area contributed by atoms with Crippen molar-refractivity contribution in [1.82, 2.24) is 24.4 Å². The molecule has 1 aliphatic rings. The highest BCUT2D eigenvalue weighted by atomic mass is 31.1. The van der Waals surface area contributed by atoms with Gasteiger partial charge in [-0.2, -0.15) is 4.98 Å². The minimum absolute atomic E-state index is 0.00803. The number of alkyl halides is 1. The quantitative estimate of drug-likeness (QED) is 0.473. The van der Waals surface area contributed by atoms with E-state index in [9.17, 15) is 18.5 Å². The summed E-state index contributed by atoms with van der Waals surface area (Å²) in [6.07, 6.45) is -2.99. The molecule has 0 saturated carbocycles. The molecule has 0 spiro atoms. The Balaban J connectivity index is 0.000000479. The highest BCUT2D eigenvalue weighted by Crippen LogP contribution is 2.35. The Kier molecular flexibility index (Phi) is 9.99. The van der Waals surface area contributed by atoms with Gasteiger partial charge in [-0.3, -0.25) is 24.5 Å². The number of nitrogens with one attached hydrogen (secondary N) is 2. The molecule has 4 atom stereocenters. The number of carbonyl (C=O) groups excluding carboxylic acids is 1. The number of fused-ring (bicyclic) bond motifs is 1. The van der Waals surface area contributed by atoms with E-state index in [0.717, 1.165) is 0 Å². The van der Waals surface area contributed by atoms with E-state index in [-0.39, 0.29) is 35.5 Å². The fraction of sp³-hybridized carbons (Fsp3) is 0.684. The van der Waals surface area contributed by atoms with Crippen LogP contribution in [0.1, 0.15) is 40.8 Å². The first-order valence-corrected chi connectivity index (χ1v) is 11.8. The summed E-state index contributed by atoms with van der Waals surface area (Å²) in [6.45, 7) is 13.1. The number of nitrogens with zero attached hydrogens (tertiary/aromatic N) is 4. The number of imidazole rings is 1. The van der Waals surface area contributed by atoms with Crippen LogP contribution >= 0.6 is 8.25 Å². The van der Waals surface area contributed by atoms with Crippen molar-refractivity contribution in [3.05, 3.63) is 16.7 Å². The Bertz CT molecular complexity index is 1000. The van der Waals surface area contributed by atoms with Crippen LogP contribution in [0.4, 0.5) is 10.3 Å². The Morgan fingerprint density at radius 1 is 1.42 bits per heavy atom. The van der Waals surface area contributed by atoms with Gasteiger partial charge in [-0.25, -0.2) is 9.37 Å².